The molecular formula is C24H18N2O3. The normalized spacial score (nSPS) is 15.1. The number of hydrogen-bond acceptors (Lipinski definition) is 5. The highest BCUT2D eigenvalue weighted by molar-refractivity contribution is 5.91. The molecule has 4 rings (SSSR count). The van der Waals surface area contributed by atoms with E-state index in [1.807, 2.05) is 48.5 Å². The molecule has 3 aromatic rings. The molecule has 1 heterocycles. The summed E-state index contributed by atoms with van der Waals surface area (Å²) < 4.78 is 16.9. The van der Waals surface area contributed by atoms with Crippen LogP contribution in [0.15, 0.2) is 66.1 Å². The van der Waals surface area contributed by atoms with E-state index in [4.69, 9.17) is 26.4 Å². The van der Waals surface area contributed by atoms with Gasteiger partial charge in [0.15, 0.2) is 11.5 Å². The van der Waals surface area contributed by atoms with Gasteiger partial charge in [-0.1, -0.05) is 48.4 Å². The van der Waals surface area contributed by atoms with Crippen molar-refractivity contribution in [2.45, 2.75) is 5.92 Å². The molecule has 1 atom stereocenters. The number of benzene rings is 3. The fraction of sp³-hybridized carbons (Fsp3) is 0.125. The second-order valence-electron chi connectivity index (χ2n) is 6.53. The van der Waals surface area contributed by atoms with Crippen LogP contribution in [0.3, 0.4) is 0 Å². The quantitative estimate of drug-likeness (QED) is 0.688. The van der Waals surface area contributed by atoms with Crippen LogP contribution in [0.25, 0.3) is 10.8 Å². The third kappa shape index (κ3) is 3.09. The average molecular weight is 382 g/mol. The number of nitriles is 1. The number of methoxy groups -OCH3 is 1. The van der Waals surface area contributed by atoms with Crippen molar-refractivity contribution >= 4 is 10.8 Å². The van der Waals surface area contributed by atoms with Crippen LogP contribution in [0.4, 0.5) is 0 Å². The van der Waals surface area contributed by atoms with Gasteiger partial charge in [-0.25, -0.2) is 0 Å². The van der Waals surface area contributed by atoms with E-state index in [-0.39, 0.29) is 18.4 Å². The Morgan fingerprint density at radius 3 is 2.72 bits per heavy atom. The molecular weight excluding hydrogens is 364 g/mol. The first-order valence-electron chi connectivity index (χ1n) is 9.01. The van der Waals surface area contributed by atoms with Crippen molar-refractivity contribution in [2.75, 3.05) is 13.7 Å². The van der Waals surface area contributed by atoms with Crippen LogP contribution in [0, 0.1) is 23.7 Å². The molecule has 0 saturated heterocycles. The molecule has 1 aliphatic rings. The predicted molar refractivity (Wildman–Crippen MR) is 111 cm³/mol. The zero-order valence-electron chi connectivity index (χ0n) is 15.8. The van der Waals surface area contributed by atoms with E-state index >= 15 is 0 Å². The van der Waals surface area contributed by atoms with Crippen LogP contribution < -0.4 is 19.9 Å². The minimum absolute atomic E-state index is 0.105. The summed E-state index contributed by atoms with van der Waals surface area (Å²) >= 11 is 0. The summed E-state index contributed by atoms with van der Waals surface area (Å²) in [6, 6.07) is 19.6. The molecule has 1 aliphatic heterocycles. The molecule has 0 amide bonds. The van der Waals surface area contributed by atoms with Crippen molar-refractivity contribution in [1.29, 1.82) is 5.26 Å². The summed E-state index contributed by atoms with van der Waals surface area (Å²) in [6.45, 7) is 0.137. The number of fused-ring (bicyclic) bond motifs is 3. The lowest BCUT2D eigenvalue weighted by Crippen LogP contribution is -2.21. The van der Waals surface area contributed by atoms with Gasteiger partial charge in [-0.2, -0.15) is 5.26 Å². The minimum Gasteiger partial charge on any atom is -0.493 e. The zero-order valence-corrected chi connectivity index (χ0v) is 15.8. The lowest BCUT2D eigenvalue weighted by Gasteiger charge is -2.28. The third-order valence-corrected chi connectivity index (χ3v) is 4.94. The highest BCUT2D eigenvalue weighted by atomic mass is 16.5. The summed E-state index contributed by atoms with van der Waals surface area (Å²) in [5, 5.41) is 11.8. The van der Waals surface area contributed by atoms with Crippen molar-refractivity contribution in [3.05, 3.63) is 77.2 Å². The van der Waals surface area contributed by atoms with E-state index in [2.05, 4.69) is 12.0 Å². The first kappa shape index (κ1) is 18.3. The standard InChI is InChI=1S/C24H18N2O3/c1-3-12-28-20-11-9-16(13-21(20)27-2)22-18-10-8-15-6-4-5-7-17(15)23(18)29-24(26)19(22)14-25/h1,4-11,13,22H,12,26H2,2H3. The molecule has 0 aliphatic carbocycles. The lowest BCUT2D eigenvalue weighted by molar-refractivity contribution is 0.330. The fourth-order valence-corrected chi connectivity index (χ4v) is 3.63. The summed E-state index contributed by atoms with van der Waals surface area (Å²) in [6.07, 6.45) is 5.28. The summed E-state index contributed by atoms with van der Waals surface area (Å²) in [5.74, 6) is 3.89. The molecule has 1 unspecified atom stereocenters. The molecule has 0 radical (unpaired) electrons. The first-order valence-corrected chi connectivity index (χ1v) is 9.01. The molecule has 0 bridgehead atoms. The van der Waals surface area contributed by atoms with Gasteiger partial charge in [0.2, 0.25) is 5.88 Å². The maximum Gasteiger partial charge on any atom is 0.205 e. The summed E-state index contributed by atoms with van der Waals surface area (Å²) in [4.78, 5) is 0. The van der Waals surface area contributed by atoms with E-state index in [1.54, 1.807) is 13.2 Å². The van der Waals surface area contributed by atoms with Crippen LogP contribution in [-0.4, -0.2) is 13.7 Å². The van der Waals surface area contributed by atoms with Crippen molar-refractivity contribution < 1.29 is 14.2 Å². The van der Waals surface area contributed by atoms with Gasteiger partial charge in [0, 0.05) is 10.9 Å². The highest BCUT2D eigenvalue weighted by Crippen LogP contribution is 2.46. The second-order valence-corrected chi connectivity index (χ2v) is 6.53. The van der Waals surface area contributed by atoms with Gasteiger partial charge >= 0.3 is 0 Å². The number of nitrogens with two attached hydrogens (primary N) is 1. The molecule has 5 nitrogen and oxygen atoms in total. The SMILES string of the molecule is C#CCOc1ccc(C2C(C#N)=C(N)Oc3c2ccc2ccccc32)cc1OC. The molecule has 3 aromatic carbocycles. The van der Waals surface area contributed by atoms with Crippen molar-refractivity contribution in [3.8, 4) is 35.7 Å². The van der Waals surface area contributed by atoms with E-state index in [1.165, 1.54) is 0 Å². The molecule has 0 fully saturated rings. The number of terminal acetylenes is 1. The Bertz CT molecular complexity index is 1220. The van der Waals surface area contributed by atoms with Crippen molar-refractivity contribution in [2.24, 2.45) is 5.73 Å². The molecule has 0 saturated carbocycles. The largest absolute Gasteiger partial charge is 0.493 e. The zero-order chi connectivity index (χ0) is 20.4. The van der Waals surface area contributed by atoms with Crippen LogP contribution in [0.2, 0.25) is 0 Å². The van der Waals surface area contributed by atoms with E-state index in [0.29, 0.717) is 22.8 Å². The van der Waals surface area contributed by atoms with Crippen LogP contribution in [0.1, 0.15) is 17.0 Å². The molecule has 29 heavy (non-hydrogen) atoms. The molecule has 142 valence electrons. The van der Waals surface area contributed by atoms with Gasteiger partial charge in [-0.05, 0) is 23.1 Å². The number of hydrogen-bond donors (Lipinski definition) is 1. The van der Waals surface area contributed by atoms with Gasteiger partial charge in [0.25, 0.3) is 0 Å². The van der Waals surface area contributed by atoms with Gasteiger partial charge < -0.3 is 19.9 Å². The Labute approximate surface area is 168 Å². The lowest BCUT2D eigenvalue weighted by atomic mass is 9.82. The summed E-state index contributed by atoms with van der Waals surface area (Å²) in [5.41, 5.74) is 8.21. The fourth-order valence-electron chi connectivity index (χ4n) is 3.63. The first-order chi connectivity index (χ1) is 14.2. The summed E-state index contributed by atoms with van der Waals surface area (Å²) in [7, 11) is 1.56. The topological polar surface area (TPSA) is 77.5 Å². The number of nitrogens with zero attached hydrogens (tertiary/aromatic N) is 1. The van der Waals surface area contributed by atoms with Crippen molar-refractivity contribution in [1.82, 2.24) is 0 Å². The Balaban J connectivity index is 1.90. The van der Waals surface area contributed by atoms with E-state index in [0.717, 1.165) is 21.9 Å². The number of ether oxygens (including phenoxy) is 3. The third-order valence-electron chi connectivity index (χ3n) is 4.94. The van der Waals surface area contributed by atoms with Crippen molar-refractivity contribution in [3.63, 3.8) is 0 Å². The Morgan fingerprint density at radius 1 is 1.14 bits per heavy atom. The Morgan fingerprint density at radius 2 is 1.97 bits per heavy atom. The molecule has 0 spiro atoms. The average Bonchev–Trinajstić information content (AvgIpc) is 2.76. The predicted octanol–water partition coefficient (Wildman–Crippen LogP) is 4.08. The van der Waals surface area contributed by atoms with E-state index < -0.39 is 0 Å². The second kappa shape index (κ2) is 7.50. The smallest absolute Gasteiger partial charge is 0.205 e. The van der Waals surface area contributed by atoms with Crippen LogP contribution >= 0.6 is 0 Å². The van der Waals surface area contributed by atoms with E-state index in [9.17, 15) is 5.26 Å². The Hall–Kier alpha value is -4.09. The number of rotatable bonds is 4. The highest BCUT2D eigenvalue weighted by Gasteiger charge is 2.32. The monoisotopic (exact) mass is 382 g/mol. The Kier molecular flexibility index (Phi) is 4.73. The molecule has 0 aromatic heterocycles. The van der Waals surface area contributed by atoms with Gasteiger partial charge in [-0.15, -0.1) is 6.42 Å². The maximum absolute atomic E-state index is 9.78. The maximum atomic E-state index is 9.78. The van der Waals surface area contributed by atoms with Crippen LogP contribution in [0.5, 0.6) is 17.2 Å². The van der Waals surface area contributed by atoms with Gasteiger partial charge in [-0.3, -0.25) is 0 Å². The number of allylic oxidation sites excluding steroid dienone is 1. The van der Waals surface area contributed by atoms with Crippen LogP contribution in [-0.2, 0) is 0 Å². The van der Waals surface area contributed by atoms with Gasteiger partial charge in [0.05, 0.1) is 13.0 Å². The molecule has 2 N–H and O–H groups in total. The molecule has 5 heteroatoms. The van der Waals surface area contributed by atoms with Gasteiger partial charge in [0.1, 0.15) is 24.0 Å². The minimum atomic E-state index is -0.385.